The van der Waals surface area contributed by atoms with Crippen molar-refractivity contribution >= 4 is 11.3 Å². The maximum absolute atomic E-state index is 12.8. The molecule has 4 aromatic rings. The number of hydrogen-bond acceptors (Lipinski definition) is 4. The quantitative estimate of drug-likeness (QED) is 0.409. The molecule has 28 heavy (non-hydrogen) atoms. The second kappa shape index (κ2) is 7.16. The molecule has 0 saturated heterocycles. The number of aromatic nitrogens is 3. The van der Waals surface area contributed by atoms with E-state index in [-0.39, 0.29) is 0 Å². The summed E-state index contributed by atoms with van der Waals surface area (Å²) in [5.74, 6) is 0. The number of alkyl halides is 3. The van der Waals surface area contributed by atoms with Crippen LogP contribution in [0.3, 0.4) is 0 Å². The molecular weight excluding hydrogens is 383 g/mol. The van der Waals surface area contributed by atoms with Crippen molar-refractivity contribution in [3.05, 3.63) is 77.6 Å². The van der Waals surface area contributed by atoms with E-state index in [1.807, 2.05) is 36.6 Å². The van der Waals surface area contributed by atoms with Gasteiger partial charge in [0.15, 0.2) is 0 Å². The molecule has 7 heteroatoms. The van der Waals surface area contributed by atoms with E-state index >= 15 is 0 Å². The standard InChI is InChI=1S/C21H14F3N3S/c1-13-9-16(14-4-6-17(7-5-14)21(22,23)24)10-18(26-13)20-27-19(12-28-20)15-3-2-8-25-11-15/h2-12H,1H3. The molecule has 0 fully saturated rings. The van der Waals surface area contributed by atoms with Crippen molar-refractivity contribution in [2.24, 2.45) is 0 Å². The van der Waals surface area contributed by atoms with Crippen LogP contribution in [0, 0.1) is 6.92 Å². The molecule has 0 amide bonds. The molecule has 4 rings (SSSR count). The van der Waals surface area contributed by atoms with Crippen LogP contribution in [0.25, 0.3) is 33.1 Å². The first-order valence-corrected chi connectivity index (χ1v) is 9.31. The largest absolute Gasteiger partial charge is 0.416 e. The van der Waals surface area contributed by atoms with Gasteiger partial charge in [-0.2, -0.15) is 13.2 Å². The van der Waals surface area contributed by atoms with Gasteiger partial charge in [0.1, 0.15) is 5.01 Å². The first kappa shape index (κ1) is 18.3. The van der Waals surface area contributed by atoms with Crippen molar-refractivity contribution in [1.29, 1.82) is 0 Å². The van der Waals surface area contributed by atoms with E-state index in [1.165, 1.54) is 23.5 Å². The third-order valence-corrected chi connectivity index (χ3v) is 5.04. The van der Waals surface area contributed by atoms with Gasteiger partial charge in [0, 0.05) is 29.0 Å². The van der Waals surface area contributed by atoms with Gasteiger partial charge >= 0.3 is 6.18 Å². The zero-order chi connectivity index (χ0) is 19.7. The fourth-order valence-corrected chi connectivity index (χ4v) is 3.62. The van der Waals surface area contributed by atoms with E-state index in [9.17, 15) is 13.2 Å². The maximum atomic E-state index is 12.8. The number of nitrogens with zero attached hydrogens (tertiary/aromatic N) is 3. The fraction of sp³-hybridized carbons (Fsp3) is 0.0952. The molecule has 3 heterocycles. The zero-order valence-corrected chi connectivity index (χ0v) is 15.6. The lowest BCUT2D eigenvalue weighted by Crippen LogP contribution is -2.04. The number of thiazole rings is 1. The first-order valence-electron chi connectivity index (χ1n) is 8.43. The lowest BCUT2D eigenvalue weighted by Gasteiger charge is -2.09. The first-order chi connectivity index (χ1) is 13.4. The number of hydrogen-bond donors (Lipinski definition) is 0. The molecule has 0 spiro atoms. The monoisotopic (exact) mass is 397 g/mol. The second-order valence-corrected chi connectivity index (χ2v) is 7.10. The Hall–Kier alpha value is -3.06. The minimum Gasteiger partial charge on any atom is -0.264 e. The summed E-state index contributed by atoms with van der Waals surface area (Å²) in [6.07, 6.45) is -0.896. The van der Waals surface area contributed by atoms with Gasteiger partial charge in [-0.15, -0.1) is 11.3 Å². The Balaban J connectivity index is 1.69. The third-order valence-electron chi connectivity index (χ3n) is 4.18. The van der Waals surface area contributed by atoms with Gasteiger partial charge in [0.05, 0.1) is 17.0 Å². The highest BCUT2D eigenvalue weighted by atomic mass is 32.1. The van der Waals surface area contributed by atoms with Crippen LogP contribution in [0.1, 0.15) is 11.3 Å². The van der Waals surface area contributed by atoms with Crippen molar-refractivity contribution in [2.45, 2.75) is 13.1 Å². The molecule has 0 saturated carbocycles. The molecule has 0 radical (unpaired) electrons. The predicted molar refractivity (Wildman–Crippen MR) is 104 cm³/mol. The highest BCUT2D eigenvalue weighted by Gasteiger charge is 2.30. The molecule has 1 aromatic carbocycles. The maximum Gasteiger partial charge on any atom is 0.416 e. The lowest BCUT2D eigenvalue weighted by atomic mass is 10.0. The van der Waals surface area contributed by atoms with Gasteiger partial charge in [-0.25, -0.2) is 4.98 Å². The van der Waals surface area contributed by atoms with E-state index in [1.54, 1.807) is 12.4 Å². The van der Waals surface area contributed by atoms with E-state index in [2.05, 4.69) is 15.0 Å². The van der Waals surface area contributed by atoms with Crippen molar-refractivity contribution in [3.8, 4) is 33.1 Å². The van der Waals surface area contributed by atoms with Gasteiger partial charge in [-0.3, -0.25) is 9.97 Å². The molecule has 0 N–H and O–H groups in total. The van der Waals surface area contributed by atoms with Crippen LogP contribution in [0.15, 0.2) is 66.3 Å². The van der Waals surface area contributed by atoms with Crippen LogP contribution >= 0.6 is 11.3 Å². The van der Waals surface area contributed by atoms with Crippen LogP contribution < -0.4 is 0 Å². The smallest absolute Gasteiger partial charge is 0.264 e. The lowest BCUT2D eigenvalue weighted by molar-refractivity contribution is -0.137. The summed E-state index contributed by atoms with van der Waals surface area (Å²) in [6.45, 7) is 1.85. The Morgan fingerprint density at radius 2 is 1.64 bits per heavy atom. The Morgan fingerprint density at radius 3 is 2.32 bits per heavy atom. The summed E-state index contributed by atoms with van der Waals surface area (Å²) in [6, 6.07) is 12.6. The minimum atomic E-state index is -4.35. The summed E-state index contributed by atoms with van der Waals surface area (Å²) in [5, 5.41) is 2.68. The summed E-state index contributed by atoms with van der Waals surface area (Å²) < 4.78 is 38.4. The Morgan fingerprint density at radius 1 is 0.857 bits per heavy atom. The van der Waals surface area contributed by atoms with E-state index in [0.717, 1.165) is 39.7 Å². The molecule has 0 aliphatic rings. The number of benzene rings is 1. The Labute approximate surface area is 163 Å². The normalized spacial score (nSPS) is 11.6. The summed E-state index contributed by atoms with van der Waals surface area (Å²) in [5.41, 5.74) is 4.02. The highest BCUT2D eigenvalue weighted by molar-refractivity contribution is 7.13. The van der Waals surface area contributed by atoms with Gasteiger partial charge in [-0.05, 0) is 54.4 Å². The van der Waals surface area contributed by atoms with Crippen LogP contribution in [-0.2, 0) is 6.18 Å². The molecule has 3 aromatic heterocycles. The topological polar surface area (TPSA) is 38.7 Å². The molecular formula is C21H14F3N3S. The van der Waals surface area contributed by atoms with E-state index in [0.29, 0.717) is 11.3 Å². The molecule has 0 bridgehead atoms. The Kier molecular flexibility index (Phi) is 4.68. The highest BCUT2D eigenvalue weighted by Crippen LogP contribution is 2.33. The predicted octanol–water partition coefficient (Wildman–Crippen LogP) is 6.26. The number of rotatable bonds is 3. The Bertz CT molecular complexity index is 1100. The molecule has 0 aliphatic heterocycles. The summed E-state index contributed by atoms with van der Waals surface area (Å²) in [4.78, 5) is 13.3. The van der Waals surface area contributed by atoms with Crippen molar-refractivity contribution in [1.82, 2.24) is 15.0 Å². The molecule has 0 aliphatic carbocycles. The van der Waals surface area contributed by atoms with Gasteiger partial charge in [-0.1, -0.05) is 12.1 Å². The molecule has 3 nitrogen and oxygen atoms in total. The van der Waals surface area contributed by atoms with Crippen LogP contribution in [0.2, 0.25) is 0 Å². The molecule has 140 valence electrons. The summed E-state index contributed by atoms with van der Waals surface area (Å²) >= 11 is 1.47. The SMILES string of the molecule is Cc1cc(-c2ccc(C(F)(F)F)cc2)cc(-c2nc(-c3cccnc3)cs2)n1. The van der Waals surface area contributed by atoms with Crippen LogP contribution in [-0.4, -0.2) is 15.0 Å². The van der Waals surface area contributed by atoms with E-state index in [4.69, 9.17) is 0 Å². The minimum absolute atomic E-state index is 0.664. The number of halogens is 3. The third kappa shape index (κ3) is 3.80. The number of pyridine rings is 2. The van der Waals surface area contributed by atoms with Crippen molar-refractivity contribution in [2.75, 3.05) is 0 Å². The second-order valence-electron chi connectivity index (χ2n) is 6.24. The van der Waals surface area contributed by atoms with Gasteiger partial charge in [0.2, 0.25) is 0 Å². The van der Waals surface area contributed by atoms with Crippen molar-refractivity contribution < 1.29 is 13.2 Å². The van der Waals surface area contributed by atoms with Crippen LogP contribution in [0.4, 0.5) is 13.2 Å². The fourth-order valence-electron chi connectivity index (χ4n) is 2.83. The molecule has 0 unspecified atom stereocenters. The van der Waals surface area contributed by atoms with Gasteiger partial charge < -0.3 is 0 Å². The average molecular weight is 397 g/mol. The van der Waals surface area contributed by atoms with Crippen LogP contribution in [0.5, 0.6) is 0 Å². The van der Waals surface area contributed by atoms with Crippen molar-refractivity contribution in [3.63, 3.8) is 0 Å². The van der Waals surface area contributed by atoms with Gasteiger partial charge in [0.25, 0.3) is 0 Å². The van der Waals surface area contributed by atoms with E-state index < -0.39 is 11.7 Å². The number of aryl methyl sites for hydroxylation is 1. The summed E-state index contributed by atoms with van der Waals surface area (Å²) in [7, 11) is 0. The average Bonchev–Trinajstić information content (AvgIpc) is 3.18. The zero-order valence-electron chi connectivity index (χ0n) is 14.7. The molecule has 0 atom stereocenters.